The fraction of sp³-hybridized carbons (Fsp3) is 0.333. The van der Waals surface area contributed by atoms with E-state index in [2.05, 4.69) is 15.7 Å². The first-order valence-corrected chi connectivity index (χ1v) is 7.76. The first-order chi connectivity index (χ1) is 11.7. The molecule has 0 spiro atoms. The summed E-state index contributed by atoms with van der Waals surface area (Å²) in [7, 11) is 0. The number of halogens is 5. The van der Waals surface area contributed by atoms with E-state index < -0.39 is 41.2 Å². The SMILES string of the molecule is CCC(C)NC(=S)Nc1ccn(Cc2c(F)c(F)c(F)c(F)c2F)n1. The van der Waals surface area contributed by atoms with E-state index in [1.54, 1.807) is 0 Å². The van der Waals surface area contributed by atoms with Gasteiger partial charge >= 0.3 is 0 Å². The Morgan fingerprint density at radius 3 is 2.24 bits per heavy atom. The van der Waals surface area contributed by atoms with Crippen molar-refractivity contribution in [2.45, 2.75) is 32.9 Å². The molecule has 2 N–H and O–H groups in total. The van der Waals surface area contributed by atoms with E-state index in [-0.39, 0.29) is 11.9 Å². The Balaban J connectivity index is 2.16. The van der Waals surface area contributed by atoms with E-state index in [1.807, 2.05) is 13.8 Å². The molecule has 0 aliphatic carbocycles. The fourth-order valence-electron chi connectivity index (χ4n) is 1.95. The first kappa shape index (κ1) is 19.1. The van der Waals surface area contributed by atoms with Gasteiger partial charge in [0.2, 0.25) is 5.82 Å². The molecule has 0 saturated heterocycles. The molecule has 1 heterocycles. The average molecular weight is 378 g/mol. The lowest BCUT2D eigenvalue weighted by atomic mass is 10.1. The number of hydrogen-bond donors (Lipinski definition) is 2. The minimum Gasteiger partial charge on any atom is -0.360 e. The highest BCUT2D eigenvalue weighted by Gasteiger charge is 2.25. The molecule has 0 saturated carbocycles. The maximum Gasteiger partial charge on any atom is 0.200 e. The molecule has 1 atom stereocenters. The van der Waals surface area contributed by atoms with Crippen LogP contribution in [-0.4, -0.2) is 20.9 Å². The molecule has 0 radical (unpaired) electrons. The van der Waals surface area contributed by atoms with Gasteiger partial charge in [0.25, 0.3) is 0 Å². The normalized spacial score (nSPS) is 12.1. The van der Waals surface area contributed by atoms with Crippen molar-refractivity contribution < 1.29 is 22.0 Å². The summed E-state index contributed by atoms with van der Waals surface area (Å²) >= 11 is 5.08. The zero-order valence-electron chi connectivity index (χ0n) is 13.3. The summed E-state index contributed by atoms with van der Waals surface area (Å²) in [4.78, 5) is 0. The van der Waals surface area contributed by atoms with Gasteiger partial charge in [0, 0.05) is 18.3 Å². The number of aromatic nitrogens is 2. The van der Waals surface area contributed by atoms with Crippen molar-refractivity contribution in [3.63, 3.8) is 0 Å². The molecule has 0 amide bonds. The summed E-state index contributed by atoms with van der Waals surface area (Å²) in [5, 5.41) is 10.0. The van der Waals surface area contributed by atoms with Gasteiger partial charge in [-0.1, -0.05) is 6.92 Å². The summed E-state index contributed by atoms with van der Waals surface area (Å²) in [6, 6.07) is 1.59. The Kier molecular flexibility index (Phi) is 5.93. The molecule has 0 fully saturated rings. The average Bonchev–Trinajstić information content (AvgIpc) is 3.01. The summed E-state index contributed by atoms with van der Waals surface area (Å²) < 4.78 is 67.8. The molecule has 2 rings (SSSR count). The third kappa shape index (κ3) is 4.25. The van der Waals surface area contributed by atoms with Crippen molar-refractivity contribution in [2.75, 3.05) is 5.32 Å². The summed E-state index contributed by atoms with van der Waals surface area (Å²) in [5.74, 6) is -9.66. The third-order valence-electron chi connectivity index (χ3n) is 3.49. The minimum atomic E-state index is -2.19. The van der Waals surface area contributed by atoms with Crippen LogP contribution in [0.3, 0.4) is 0 Å². The summed E-state index contributed by atoms with van der Waals surface area (Å²) in [6.45, 7) is 3.27. The van der Waals surface area contributed by atoms with Crippen molar-refractivity contribution >= 4 is 23.1 Å². The number of benzene rings is 1. The lowest BCUT2D eigenvalue weighted by Gasteiger charge is -2.13. The van der Waals surface area contributed by atoms with Gasteiger partial charge in [-0.05, 0) is 25.6 Å². The molecule has 0 aliphatic rings. The molecule has 1 unspecified atom stereocenters. The monoisotopic (exact) mass is 378 g/mol. The van der Waals surface area contributed by atoms with Crippen LogP contribution in [0.2, 0.25) is 0 Å². The molecule has 25 heavy (non-hydrogen) atoms. The topological polar surface area (TPSA) is 41.9 Å². The van der Waals surface area contributed by atoms with Crippen molar-refractivity contribution in [3.05, 3.63) is 46.9 Å². The smallest absolute Gasteiger partial charge is 0.200 e. The van der Waals surface area contributed by atoms with E-state index in [0.29, 0.717) is 5.11 Å². The number of nitrogens with zero attached hydrogens (tertiary/aromatic N) is 2. The Hall–Kier alpha value is -2.23. The van der Waals surface area contributed by atoms with Crippen LogP contribution in [0.25, 0.3) is 0 Å². The van der Waals surface area contributed by atoms with Gasteiger partial charge in [-0.15, -0.1) is 0 Å². The van der Waals surface area contributed by atoms with Crippen LogP contribution in [0.1, 0.15) is 25.8 Å². The Morgan fingerprint density at radius 1 is 1.12 bits per heavy atom. The lowest BCUT2D eigenvalue weighted by molar-refractivity contribution is 0.367. The number of anilines is 1. The molecule has 2 aromatic rings. The van der Waals surface area contributed by atoms with E-state index in [0.717, 1.165) is 11.1 Å². The van der Waals surface area contributed by atoms with Gasteiger partial charge in [-0.25, -0.2) is 22.0 Å². The van der Waals surface area contributed by atoms with Gasteiger partial charge in [0.1, 0.15) is 0 Å². The number of hydrogen-bond acceptors (Lipinski definition) is 2. The van der Waals surface area contributed by atoms with Crippen LogP contribution in [-0.2, 0) is 6.54 Å². The maximum atomic E-state index is 13.7. The van der Waals surface area contributed by atoms with Crippen LogP contribution in [0.5, 0.6) is 0 Å². The molecule has 0 aliphatic heterocycles. The molecule has 0 bridgehead atoms. The Labute approximate surface area is 146 Å². The lowest BCUT2D eigenvalue weighted by Crippen LogP contribution is -2.35. The van der Waals surface area contributed by atoms with Crippen LogP contribution < -0.4 is 10.6 Å². The van der Waals surface area contributed by atoms with E-state index in [4.69, 9.17) is 12.2 Å². The molecular weight excluding hydrogens is 363 g/mol. The van der Waals surface area contributed by atoms with Crippen molar-refractivity contribution in [3.8, 4) is 0 Å². The second-order valence-corrected chi connectivity index (χ2v) is 5.76. The molecular formula is C15H15F5N4S. The van der Waals surface area contributed by atoms with Crippen LogP contribution in [0.15, 0.2) is 12.3 Å². The molecule has 1 aromatic carbocycles. The van der Waals surface area contributed by atoms with E-state index >= 15 is 0 Å². The molecule has 136 valence electrons. The van der Waals surface area contributed by atoms with Crippen LogP contribution in [0.4, 0.5) is 27.8 Å². The van der Waals surface area contributed by atoms with Crippen LogP contribution >= 0.6 is 12.2 Å². The number of thiocarbonyl (C=S) groups is 1. The predicted octanol–water partition coefficient (Wildman–Crippen LogP) is 3.71. The van der Waals surface area contributed by atoms with Crippen molar-refractivity contribution in [1.82, 2.24) is 15.1 Å². The van der Waals surface area contributed by atoms with Gasteiger partial charge in [-0.2, -0.15) is 5.10 Å². The largest absolute Gasteiger partial charge is 0.360 e. The number of nitrogens with one attached hydrogen (secondary N) is 2. The second-order valence-electron chi connectivity index (χ2n) is 5.35. The Bertz CT molecular complexity index is 763. The van der Waals surface area contributed by atoms with Gasteiger partial charge in [0.15, 0.2) is 34.2 Å². The highest BCUT2D eigenvalue weighted by molar-refractivity contribution is 7.80. The second kappa shape index (κ2) is 7.77. The quantitative estimate of drug-likeness (QED) is 0.360. The number of rotatable bonds is 5. The van der Waals surface area contributed by atoms with E-state index in [9.17, 15) is 22.0 Å². The minimum absolute atomic E-state index is 0.135. The predicted molar refractivity (Wildman–Crippen MR) is 86.7 cm³/mol. The highest BCUT2D eigenvalue weighted by Crippen LogP contribution is 2.23. The zero-order chi connectivity index (χ0) is 18.7. The molecule has 4 nitrogen and oxygen atoms in total. The van der Waals surface area contributed by atoms with Crippen LogP contribution in [0, 0.1) is 29.1 Å². The van der Waals surface area contributed by atoms with Crippen molar-refractivity contribution in [2.24, 2.45) is 0 Å². The van der Waals surface area contributed by atoms with Gasteiger partial charge < -0.3 is 10.6 Å². The summed E-state index contributed by atoms with van der Waals surface area (Å²) in [5.41, 5.74) is -0.966. The fourth-order valence-corrected chi connectivity index (χ4v) is 2.25. The van der Waals surface area contributed by atoms with Crippen molar-refractivity contribution in [1.29, 1.82) is 0 Å². The maximum absolute atomic E-state index is 13.7. The van der Waals surface area contributed by atoms with Gasteiger partial charge in [0.05, 0.1) is 12.1 Å². The highest BCUT2D eigenvalue weighted by atomic mass is 32.1. The molecule has 10 heteroatoms. The Morgan fingerprint density at radius 2 is 1.68 bits per heavy atom. The van der Waals surface area contributed by atoms with Gasteiger partial charge in [-0.3, -0.25) is 4.68 Å². The molecule has 1 aromatic heterocycles. The third-order valence-corrected chi connectivity index (χ3v) is 3.71. The summed E-state index contributed by atoms with van der Waals surface area (Å²) in [6.07, 6.45) is 2.17. The zero-order valence-corrected chi connectivity index (χ0v) is 14.2. The standard InChI is InChI=1S/C15H15F5N4S/c1-3-7(2)21-15(25)22-9-4-5-24(23-9)6-8-10(16)12(18)14(20)13(19)11(8)17/h4-5,7H,3,6H2,1-2H3,(H2,21,22,23,25). The van der Waals surface area contributed by atoms with E-state index in [1.165, 1.54) is 12.3 Å². The first-order valence-electron chi connectivity index (χ1n) is 7.35.